The molecule has 47 heavy (non-hydrogen) atoms. The molecular formula is C44H27BO2. The van der Waals surface area contributed by atoms with Gasteiger partial charge >= 0.3 is 0 Å². The Morgan fingerprint density at radius 1 is 0.340 bits per heavy atom. The quantitative estimate of drug-likeness (QED) is 0.149. The van der Waals surface area contributed by atoms with Crippen molar-refractivity contribution in [3.05, 3.63) is 164 Å². The highest BCUT2D eigenvalue weighted by molar-refractivity contribution is 6.98. The zero-order valence-corrected chi connectivity index (χ0v) is 25.5. The van der Waals surface area contributed by atoms with Crippen LogP contribution >= 0.6 is 0 Å². The van der Waals surface area contributed by atoms with Crippen LogP contribution in [0.15, 0.2) is 164 Å². The fraction of sp³-hybridized carbons (Fsp3) is 0. The maximum absolute atomic E-state index is 6.70. The van der Waals surface area contributed by atoms with Crippen molar-refractivity contribution in [3.63, 3.8) is 0 Å². The van der Waals surface area contributed by atoms with Crippen LogP contribution in [0.2, 0.25) is 0 Å². The molecule has 2 aliphatic heterocycles. The Hall–Kier alpha value is -6.06. The van der Waals surface area contributed by atoms with E-state index in [1.54, 1.807) is 0 Å². The van der Waals surface area contributed by atoms with Crippen LogP contribution in [0.1, 0.15) is 0 Å². The summed E-state index contributed by atoms with van der Waals surface area (Å²) in [7, 11) is 0. The van der Waals surface area contributed by atoms with Crippen molar-refractivity contribution in [2.24, 2.45) is 0 Å². The van der Waals surface area contributed by atoms with Crippen LogP contribution in [-0.4, -0.2) is 6.71 Å². The van der Waals surface area contributed by atoms with Gasteiger partial charge in [-0.1, -0.05) is 140 Å². The minimum absolute atomic E-state index is 0.0503. The van der Waals surface area contributed by atoms with Crippen molar-refractivity contribution in [2.75, 3.05) is 0 Å². The molecule has 0 aromatic heterocycles. The van der Waals surface area contributed by atoms with E-state index in [-0.39, 0.29) is 6.71 Å². The number of benzene rings is 8. The lowest BCUT2D eigenvalue weighted by Gasteiger charge is -2.33. The van der Waals surface area contributed by atoms with Gasteiger partial charge < -0.3 is 9.47 Å². The molecule has 0 unspecified atom stereocenters. The SMILES string of the molecule is c1ccc(-c2ccccc2-c2c3ccccc3c(-c3cc4c5c(c3)Oc3ccccc3B5c3ccccc3O4)c3ccccc23)cc1. The van der Waals surface area contributed by atoms with Gasteiger partial charge in [-0.2, -0.15) is 0 Å². The van der Waals surface area contributed by atoms with E-state index in [9.17, 15) is 0 Å². The summed E-state index contributed by atoms with van der Waals surface area (Å²) >= 11 is 0. The van der Waals surface area contributed by atoms with E-state index in [1.807, 2.05) is 12.1 Å². The third kappa shape index (κ3) is 3.93. The minimum Gasteiger partial charge on any atom is -0.458 e. The molecule has 3 heteroatoms. The largest absolute Gasteiger partial charge is 0.458 e. The maximum Gasteiger partial charge on any atom is 0.260 e. The van der Waals surface area contributed by atoms with Gasteiger partial charge in [0.15, 0.2) is 0 Å². The summed E-state index contributed by atoms with van der Waals surface area (Å²) in [6.45, 7) is 0.0503. The third-order valence-electron chi connectivity index (χ3n) is 9.79. The van der Waals surface area contributed by atoms with Crippen LogP contribution in [0.5, 0.6) is 23.0 Å². The second-order valence-corrected chi connectivity index (χ2v) is 12.4. The lowest BCUT2D eigenvalue weighted by Crippen LogP contribution is -2.57. The van der Waals surface area contributed by atoms with Crippen LogP contribution in [0, 0.1) is 0 Å². The fourth-order valence-corrected chi connectivity index (χ4v) is 7.84. The summed E-state index contributed by atoms with van der Waals surface area (Å²) in [4.78, 5) is 0. The maximum atomic E-state index is 6.70. The van der Waals surface area contributed by atoms with Crippen molar-refractivity contribution in [3.8, 4) is 56.4 Å². The van der Waals surface area contributed by atoms with Gasteiger partial charge in [0.25, 0.3) is 6.71 Å². The molecule has 0 saturated carbocycles. The first-order valence-electron chi connectivity index (χ1n) is 16.1. The van der Waals surface area contributed by atoms with Gasteiger partial charge in [0.2, 0.25) is 0 Å². The normalized spacial score (nSPS) is 12.6. The zero-order valence-electron chi connectivity index (χ0n) is 25.5. The van der Waals surface area contributed by atoms with Crippen molar-refractivity contribution in [1.82, 2.24) is 0 Å². The van der Waals surface area contributed by atoms with Crippen molar-refractivity contribution in [1.29, 1.82) is 0 Å². The van der Waals surface area contributed by atoms with E-state index in [0.29, 0.717) is 0 Å². The molecule has 0 amide bonds. The average molecular weight is 599 g/mol. The van der Waals surface area contributed by atoms with E-state index in [4.69, 9.17) is 9.47 Å². The predicted octanol–water partition coefficient (Wildman–Crippen LogP) is 9.72. The second kappa shape index (κ2) is 10.2. The first-order valence-corrected chi connectivity index (χ1v) is 16.1. The molecule has 2 nitrogen and oxygen atoms in total. The number of hydrogen-bond donors (Lipinski definition) is 0. The van der Waals surface area contributed by atoms with Crippen molar-refractivity contribution in [2.45, 2.75) is 0 Å². The topological polar surface area (TPSA) is 18.5 Å². The number of hydrogen-bond acceptors (Lipinski definition) is 2. The molecule has 0 spiro atoms. The van der Waals surface area contributed by atoms with Crippen LogP contribution in [0.4, 0.5) is 0 Å². The van der Waals surface area contributed by atoms with Crippen LogP contribution < -0.4 is 25.9 Å². The molecule has 0 radical (unpaired) electrons. The van der Waals surface area contributed by atoms with Gasteiger partial charge in [0.1, 0.15) is 23.0 Å². The predicted molar refractivity (Wildman–Crippen MR) is 195 cm³/mol. The van der Waals surface area contributed by atoms with Crippen molar-refractivity contribution >= 4 is 44.6 Å². The Balaban J connectivity index is 1.27. The van der Waals surface area contributed by atoms with E-state index >= 15 is 0 Å². The van der Waals surface area contributed by atoms with Crippen molar-refractivity contribution < 1.29 is 9.47 Å². The summed E-state index contributed by atoms with van der Waals surface area (Å²) in [5, 5.41) is 4.82. The molecule has 0 saturated heterocycles. The van der Waals surface area contributed by atoms with Crippen LogP contribution in [0.25, 0.3) is 54.9 Å². The lowest BCUT2D eigenvalue weighted by atomic mass is 9.35. The Labute approximate surface area is 273 Å². The number of rotatable bonds is 3. The molecule has 2 aliphatic rings. The molecule has 0 N–H and O–H groups in total. The van der Waals surface area contributed by atoms with E-state index in [0.717, 1.165) is 34.0 Å². The molecule has 0 atom stereocenters. The fourth-order valence-electron chi connectivity index (χ4n) is 7.84. The van der Waals surface area contributed by atoms with Crippen LogP contribution in [-0.2, 0) is 0 Å². The molecular weight excluding hydrogens is 571 g/mol. The average Bonchev–Trinajstić information content (AvgIpc) is 3.14. The van der Waals surface area contributed by atoms with E-state index in [2.05, 4.69) is 152 Å². The highest BCUT2D eigenvalue weighted by Gasteiger charge is 2.40. The summed E-state index contributed by atoms with van der Waals surface area (Å²) < 4.78 is 13.4. The summed E-state index contributed by atoms with van der Waals surface area (Å²) in [5.74, 6) is 3.49. The highest BCUT2D eigenvalue weighted by atomic mass is 16.5. The second-order valence-electron chi connectivity index (χ2n) is 12.4. The molecule has 0 aliphatic carbocycles. The molecule has 8 aromatic carbocycles. The Morgan fingerprint density at radius 3 is 1.36 bits per heavy atom. The highest BCUT2D eigenvalue weighted by Crippen LogP contribution is 2.47. The van der Waals surface area contributed by atoms with Gasteiger partial charge in [0.05, 0.1) is 0 Å². The smallest absolute Gasteiger partial charge is 0.260 e. The molecule has 0 fully saturated rings. The first-order chi connectivity index (χ1) is 23.3. The summed E-state index contributed by atoms with van der Waals surface area (Å²) in [6, 6.07) is 58.3. The van der Waals surface area contributed by atoms with Crippen LogP contribution in [0.3, 0.4) is 0 Å². The molecule has 8 aromatic rings. The van der Waals surface area contributed by atoms with Gasteiger partial charge in [-0.15, -0.1) is 0 Å². The van der Waals surface area contributed by atoms with E-state index < -0.39 is 0 Å². The van der Waals surface area contributed by atoms with E-state index in [1.165, 1.54) is 60.3 Å². The summed E-state index contributed by atoms with van der Waals surface area (Å²) in [6.07, 6.45) is 0. The molecule has 218 valence electrons. The monoisotopic (exact) mass is 598 g/mol. The summed E-state index contributed by atoms with van der Waals surface area (Å²) in [5.41, 5.74) is 10.6. The van der Waals surface area contributed by atoms with Gasteiger partial charge in [0, 0.05) is 5.46 Å². The molecule has 2 heterocycles. The Bertz CT molecular complexity index is 2410. The minimum atomic E-state index is 0.0503. The Morgan fingerprint density at radius 2 is 0.787 bits per heavy atom. The molecule has 0 bridgehead atoms. The van der Waals surface area contributed by atoms with Gasteiger partial charge in [-0.3, -0.25) is 0 Å². The zero-order chi connectivity index (χ0) is 30.9. The first kappa shape index (κ1) is 26.2. The lowest BCUT2D eigenvalue weighted by molar-refractivity contribution is 0.465. The number of para-hydroxylation sites is 2. The standard InChI is InChI=1S/C44H27BO2/c1-2-14-28(15-3-1)30-16-4-5-17-31(30)43-34-20-8-6-18-32(34)42(33-19-7-9-21-35(33)43)29-26-40-44-41(27-29)47-39-25-13-11-23-37(39)45(44)36-22-10-12-24-38(36)46-40/h1-27H. The number of ether oxygens (including phenoxy) is 2. The number of fused-ring (bicyclic) bond motifs is 6. The Kier molecular flexibility index (Phi) is 5.70. The third-order valence-corrected chi connectivity index (χ3v) is 9.79. The van der Waals surface area contributed by atoms with Gasteiger partial charge in [-0.25, -0.2) is 0 Å². The molecule has 10 rings (SSSR count). The van der Waals surface area contributed by atoms with Gasteiger partial charge in [-0.05, 0) is 90.1 Å².